The zero-order chi connectivity index (χ0) is 58.8. The van der Waals surface area contributed by atoms with Gasteiger partial charge in [-0.25, -0.2) is 9.59 Å². The van der Waals surface area contributed by atoms with Crippen molar-refractivity contribution in [2.45, 2.75) is 228 Å². The van der Waals surface area contributed by atoms with Crippen LogP contribution in [0.2, 0.25) is 0 Å². The van der Waals surface area contributed by atoms with Crippen molar-refractivity contribution in [3.63, 3.8) is 0 Å². The summed E-state index contributed by atoms with van der Waals surface area (Å²) < 4.78 is 42.4. The Morgan fingerprint density at radius 1 is 0.683 bits per heavy atom. The molecule has 2 aliphatic heterocycles. The van der Waals surface area contributed by atoms with Gasteiger partial charge in [0.15, 0.2) is 6.61 Å². The highest BCUT2D eigenvalue weighted by atomic mass is 16.6. The number of ether oxygens (including phenoxy) is 7. The van der Waals surface area contributed by atoms with Gasteiger partial charge in [-0.2, -0.15) is 0 Å². The number of Topliss-reactive ketones (excluding diaryl/α,β-unsaturated/α-hetero) is 1. The highest BCUT2D eigenvalue weighted by Gasteiger charge is 2.65. The normalized spacial score (nSPS) is 39.6. The van der Waals surface area contributed by atoms with Crippen molar-refractivity contribution in [3.05, 3.63) is 12.2 Å². The third kappa shape index (κ3) is 11.0. The molecule has 454 valence electrons. The van der Waals surface area contributed by atoms with Crippen molar-refractivity contribution in [2.24, 2.45) is 116 Å². The van der Waals surface area contributed by atoms with Gasteiger partial charge in [0.2, 0.25) is 6.10 Å². The van der Waals surface area contributed by atoms with Gasteiger partial charge in [0.1, 0.15) is 29.2 Å². The molecule has 12 aliphatic rings. The van der Waals surface area contributed by atoms with Crippen LogP contribution >= 0.6 is 0 Å². The molecule has 10 aliphatic carbocycles. The minimum absolute atomic E-state index is 0.0285. The molecule has 9 saturated carbocycles. The summed E-state index contributed by atoms with van der Waals surface area (Å²) >= 11 is 0. The van der Waals surface area contributed by atoms with E-state index in [0.29, 0.717) is 48.3 Å². The van der Waals surface area contributed by atoms with E-state index in [1.54, 1.807) is 48.5 Å². The smallest absolute Gasteiger partial charge is 0.347 e. The zero-order valence-electron chi connectivity index (χ0n) is 51.1. The highest BCUT2D eigenvalue weighted by molar-refractivity contribution is 5.90. The molecule has 0 aromatic heterocycles. The summed E-state index contributed by atoms with van der Waals surface area (Å²) in [5.74, 6) is -0.827. The van der Waals surface area contributed by atoms with Gasteiger partial charge in [-0.3, -0.25) is 28.8 Å². The van der Waals surface area contributed by atoms with Crippen molar-refractivity contribution < 1.29 is 71.5 Å². The van der Waals surface area contributed by atoms with Crippen LogP contribution in [0.1, 0.15) is 198 Å². The van der Waals surface area contributed by atoms with E-state index < -0.39 is 87.6 Å². The number of fused-ring (bicyclic) bond motifs is 5. The minimum atomic E-state index is -1.63. The molecular formula is C67H96O15. The lowest BCUT2D eigenvalue weighted by atomic mass is 9.47. The number of carbonyl (C=O) groups excluding carboxylic acids is 8. The Hall–Kier alpha value is -4.30. The van der Waals surface area contributed by atoms with Crippen LogP contribution in [0, 0.1) is 116 Å². The van der Waals surface area contributed by atoms with E-state index in [9.17, 15) is 24.0 Å². The Labute approximate surface area is 486 Å². The molecule has 12 rings (SSSR count). The topological polar surface area (TPSA) is 201 Å². The summed E-state index contributed by atoms with van der Waals surface area (Å²) in [4.78, 5) is 116. The third-order valence-corrected chi connectivity index (χ3v) is 23.8. The lowest BCUT2D eigenvalue weighted by Crippen LogP contribution is -2.63. The van der Waals surface area contributed by atoms with E-state index in [1.165, 1.54) is 6.42 Å². The van der Waals surface area contributed by atoms with Crippen molar-refractivity contribution in [2.75, 3.05) is 13.2 Å². The maximum atomic E-state index is 16.1. The van der Waals surface area contributed by atoms with Crippen molar-refractivity contribution in [1.82, 2.24) is 0 Å². The molecule has 0 radical (unpaired) electrons. The summed E-state index contributed by atoms with van der Waals surface area (Å²) in [5, 5.41) is 0. The maximum Gasteiger partial charge on any atom is 0.347 e. The first kappa shape index (κ1) is 59.4. The second-order valence-electron chi connectivity index (χ2n) is 31.7. The lowest BCUT2D eigenvalue weighted by Gasteiger charge is -2.62. The number of rotatable bonds is 23. The Morgan fingerprint density at radius 3 is 1.96 bits per heavy atom. The molecule has 15 nitrogen and oxygen atoms in total. The van der Waals surface area contributed by atoms with E-state index in [4.69, 9.17) is 33.2 Å². The van der Waals surface area contributed by atoms with Crippen molar-refractivity contribution in [3.8, 4) is 0 Å². The van der Waals surface area contributed by atoms with E-state index in [0.717, 1.165) is 64.2 Å². The molecule has 11 fully saturated rings. The summed E-state index contributed by atoms with van der Waals surface area (Å²) in [6, 6.07) is 0. The van der Waals surface area contributed by atoms with Crippen LogP contribution in [0.4, 0.5) is 0 Å². The molecule has 0 amide bonds. The summed E-state index contributed by atoms with van der Waals surface area (Å²) in [6.07, 6.45) is 13.9. The van der Waals surface area contributed by atoms with Gasteiger partial charge in [-0.05, 0) is 222 Å². The van der Waals surface area contributed by atoms with Gasteiger partial charge in [0, 0.05) is 36.0 Å². The third-order valence-electron chi connectivity index (χ3n) is 23.8. The molecule has 15 heteroatoms. The molecule has 17 unspecified atom stereocenters. The second-order valence-corrected chi connectivity index (χ2v) is 31.7. The Balaban J connectivity index is 0.902. The van der Waals surface area contributed by atoms with Crippen molar-refractivity contribution >= 4 is 47.6 Å². The fourth-order valence-corrected chi connectivity index (χ4v) is 20.7. The fourth-order valence-electron chi connectivity index (χ4n) is 20.7. The average Bonchev–Trinajstić information content (AvgIpc) is 4.24. The van der Waals surface area contributed by atoms with Gasteiger partial charge < -0.3 is 33.2 Å². The monoisotopic (exact) mass is 1140 g/mol. The molecule has 2 heterocycles. The van der Waals surface area contributed by atoms with Gasteiger partial charge in [0.05, 0.1) is 35.2 Å². The van der Waals surface area contributed by atoms with Crippen LogP contribution < -0.4 is 0 Å². The van der Waals surface area contributed by atoms with Gasteiger partial charge in [0.25, 0.3) is 0 Å². The number of carbonyl (C=O) groups is 8. The van der Waals surface area contributed by atoms with Crippen LogP contribution in [0.15, 0.2) is 12.2 Å². The lowest BCUT2D eigenvalue weighted by molar-refractivity contribution is -0.234. The van der Waals surface area contributed by atoms with Crippen LogP contribution in [-0.4, -0.2) is 90.3 Å². The van der Waals surface area contributed by atoms with E-state index in [-0.39, 0.29) is 122 Å². The first-order chi connectivity index (χ1) is 38.5. The summed E-state index contributed by atoms with van der Waals surface area (Å²) in [6.45, 7) is 20.2. The van der Waals surface area contributed by atoms with Gasteiger partial charge >= 0.3 is 41.8 Å². The highest BCUT2D eigenvalue weighted by Crippen LogP contribution is 2.65. The number of hydrogen-bond donors (Lipinski definition) is 0. The quantitative estimate of drug-likeness (QED) is 0.0531. The van der Waals surface area contributed by atoms with Crippen LogP contribution in [0.3, 0.4) is 0 Å². The van der Waals surface area contributed by atoms with Gasteiger partial charge in [-0.15, -0.1) is 0 Å². The predicted octanol–water partition coefficient (Wildman–Crippen LogP) is 11.1. The van der Waals surface area contributed by atoms with Crippen LogP contribution in [0.25, 0.3) is 0 Å². The first-order valence-electron chi connectivity index (χ1n) is 32.1. The Morgan fingerprint density at radius 2 is 1.37 bits per heavy atom. The number of cyclic esters (lactones) is 1. The molecular weight excluding hydrogens is 1040 g/mol. The van der Waals surface area contributed by atoms with Crippen LogP contribution in [-0.2, 0) is 71.5 Å². The van der Waals surface area contributed by atoms with E-state index in [1.807, 2.05) is 6.92 Å². The molecule has 0 aromatic rings. The standard InChI is InChI=1S/C67H96O15/c1-35(2)67(44-20-38-18-39(22-44)23-45(67)21-38)82-61(75)64(9,30-50-36(3)40-14-15-42(50)25-40)33-66(11,60(74)79-51-16-17-76-58(51)72)34-65(10,53(68)28-47-43-26-48-49(27-43)57(71)80-56(47)48)32-63(7,8)59(73)77-31-55(70)78-52(29-54(69)81-62(4,5)6)46-24-37-12-13-41(46)19-37/h12-13,35-52,56H,14-34H2,1-11H3. The SMILES string of the molecule is CC1C2CCC(C2)C1CC(C)(CC(C)(CC(C)(CC(C)(C)C(=O)OCC(=O)OC(CC(=O)OC(C)(C)C)C1CC2C=CC1C2)C(=O)CC1C2CC3C(=O)OC1C3C2)C(=O)OC1CCOC1=O)C(=O)OC1(C(C)C)C2CC3CC(C2)CC1C3. The Kier molecular flexibility index (Phi) is 15.6. The Bertz CT molecular complexity index is 2560. The first-order valence-corrected chi connectivity index (χ1v) is 32.1. The van der Waals surface area contributed by atoms with E-state index in [2.05, 4.69) is 32.9 Å². The number of ketones is 1. The van der Waals surface area contributed by atoms with Crippen molar-refractivity contribution in [1.29, 1.82) is 0 Å². The number of allylic oxidation sites excluding steroid dienone is 2. The second kappa shape index (κ2) is 21.6. The maximum absolute atomic E-state index is 16.1. The molecule has 82 heavy (non-hydrogen) atoms. The number of hydrogen-bond acceptors (Lipinski definition) is 15. The molecule has 17 atom stereocenters. The predicted molar refractivity (Wildman–Crippen MR) is 299 cm³/mol. The summed E-state index contributed by atoms with van der Waals surface area (Å²) in [5.41, 5.74) is -7.25. The molecule has 0 aromatic carbocycles. The zero-order valence-corrected chi connectivity index (χ0v) is 51.1. The molecule has 2 saturated heterocycles. The van der Waals surface area contributed by atoms with E-state index >= 15 is 14.4 Å². The van der Waals surface area contributed by atoms with Crippen LogP contribution in [0.5, 0.6) is 0 Å². The number of esters is 7. The summed E-state index contributed by atoms with van der Waals surface area (Å²) in [7, 11) is 0. The minimum Gasteiger partial charge on any atom is -0.463 e. The largest absolute Gasteiger partial charge is 0.463 e. The fraction of sp³-hybridized carbons (Fsp3) is 0.851. The molecule has 0 N–H and O–H groups in total. The molecule has 0 spiro atoms. The van der Waals surface area contributed by atoms with Gasteiger partial charge in [-0.1, -0.05) is 39.8 Å². The molecule has 10 bridgehead atoms. The average molecular weight is 1140 g/mol.